The van der Waals surface area contributed by atoms with Crippen LogP contribution < -0.4 is 10.5 Å². The van der Waals surface area contributed by atoms with Gasteiger partial charge in [0.15, 0.2) is 5.69 Å². The third-order valence-electron chi connectivity index (χ3n) is 6.43. The molecular weight excluding hydrogens is 497 g/mol. The summed E-state index contributed by atoms with van der Waals surface area (Å²) in [4.78, 5) is 37.1. The molecule has 5 heterocycles. The first-order valence-corrected chi connectivity index (χ1v) is 11.8. The van der Waals surface area contributed by atoms with E-state index in [1.807, 2.05) is 22.4 Å². The summed E-state index contributed by atoms with van der Waals surface area (Å²) in [6.07, 6.45) is 0.133. The van der Waals surface area contributed by atoms with Crippen LogP contribution in [0.2, 0.25) is 0 Å². The number of anilines is 1. The van der Waals surface area contributed by atoms with E-state index in [2.05, 4.69) is 20.2 Å². The Labute approximate surface area is 208 Å². The molecule has 0 saturated carbocycles. The van der Waals surface area contributed by atoms with E-state index in [0.717, 1.165) is 16.4 Å². The van der Waals surface area contributed by atoms with Gasteiger partial charge in [0.25, 0.3) is 5.56 Å². The van der Waals surface area contributed by atoms with Gasteiger partial charge in [-0.1, -0.05) is 0 Å². The molecule has 0 atom stereocenters. The van der Waals surface area contributed by atoms with Crippen molar-refractivity contribution in [3.8, 4) is 0 Å². The van der Waals surface area contributed by atoms with Crippen LogP contribution in [0.4, 0.5) is 19.1 Å². The van der Waals surface area contributed by atoms with Crippen LogP contribution in [-0.2, 0) is 27.0 Å². The Kier molecular flexibility index (Phi) is 7.06. The van der Waals surface area contributed by atoms with Crippen molar-refractivity contribution in [2.75, 3.05) is 57.5 Å². The van der Waals surface area contributed by atoms with E-state index in [1.165, 1.54) is 0 Å². The molecule has 0 radical (unpaired) electrons. The third-order valence-corrected chi connectivity index (χ3v) is 6.43. The standard InChI is InChI=1S/C22H25F3N8O4/c23-22(24,25)19-18-16(11-28-29-20(18)35)33(30-19)6-8-36-7-1-17(34)31-2-4-32(5-3-31)21-26-9-14(10-27-21)15-12-37-13-15/h9-11,15H,1-8,12-13H2,(H,29,35). The van der Waals surface area contributed by atoms with Gasteiger partial charge in [0, 0.05) is 44.5 Å². The lowest BCUT2D eigenvalue weighted by Gasteiger charge is -2.35. The highest BCUT2D eigenvalue weighted by molar-refractivity contribution is 5.80. The molecule has 0 unspecified atom stereocenters. The maximum Gasteiger partial charge on any atom is 0.435 e. The number of carbonyl (C=O) groups excluding carboxylic acids is 1. The predicted molar refractivity (Wildman–Crippen MR) is 123 cm³/mol. The zero-order valence-corrected chi connectivity index (χ0v) is 19.8. The van der Waals surface area contributed by atoms with Crippen LogP contribution in [-0.4, -0.2) is 93.4 Å². The lowest BCUT2D eigenvalue weighted by Crippen LogP contribution is -2.49. The number of hydrogen-bond donors (Lipinski definition) is 1. The van der Waals surface area contributed by atoms with E-state index in [1.54, 1.807) is 4.90 Å². The number of fused-ring (bicyclic) bond motifs is 1. The van der Waals surface area contributed by atoms with Crippen LogP contribution in [0.5, 0.6) is 0 Å². The number of hydrogen-bond acceptors (Lipinski definition) is 9. The van der Waals surface area contributed by atoms with Gasteiger partial charge in [-0.2, -0.15) is 23.4 Å². The largest absolute Gasteiger partial charge is 0.435 e. The monoisotopic (exact) mass is 522 g/mol. The van der Waals surface area contributed by atoms with Gasteiger partial charge in [-0.15, -0.1) is 0 Å². The molecule has 1 amide bonds. The molecule has 2 aliphatic heterocycles. The second kappa shape index (κ2) is 10.4. The molecule has 12 nitrogen and oxygen atoms in total. The highest BCUT2D eigenvalue weighted by atomic mass is 19.4. The summed E-state index contributed by atoms with van der Waals surface area (Å²) in [7, 11) is 0. The molecule has 37 heavy (non-hydrogen) atoms. The molecule has 0 aliphatic carbocycles. The van der Waals surface area contributed by atoms with Crippen molar-refractivity contribution in [2.24, 2.45) is 0 Å². The van der Waals surface area contributed by atoms with Gasteiger partial charge in [0.1, 0.15) is 5.39 Å². The minimum Gasteiger partial charge on any atom is -0.380 e. The molecule has 2 saturated heterocycles. The summed E-state index contributed by atoms with van der Waals surface area (Å²) in [5, 5.41) is 8.53. The van der Waals surface area contributed by atoms with Crippen LogP contribution in [0.15, 0.2) is 23.4 Å². The molecule has 1 N–H and O–H groups in total. The van der Waals surface area contributed by atoms with E-state index in [0.29, 0.717) is 51.3 Å². The number of halogens is 3. The third kappa shape index (κ3) is 5.41. The smallest absolute Gasteiger partial charge is 0.380 e. The Hall–Kier alpha value is -3.59. The molecule has 15 heteroatoms. The molecule has 2 fully saturated rings. The molecule has 3 aromatic rings. The number of ether oxygens (including phenoxy) is 2. The van der Waals surface area contributed by atoms with Crippen molar-refractivity contribution in [1.82, 2.24) is 34.8 Å². The number of nitrogens with one attached hydrogen (secondary N) is 1. The number of alkyl halides is 3. The van der Waals surface area contributed by atoms with Gasteiger partial charge in [-0.25, -0.2) is 15.1 Å². The first-order chi connectivity index (χ1) is 17.8. The summed E-state index contributed by atoms with van der Waals surface area (Å²) in [6, 6.07) is 0. The van der Waals surface area contributed by atoms with Crippen molar-refractivity contribution >= 4 is 22.8 Å². The SMILES string of the molecule is O=C(CCOCCn1nc(C(F)(F)F)c2c(=O)[nH]ncc21)N1CCN(c2ncc(C3COC3)cn2)CC1. The molecule has 0 aromatic carbocycles. The number of nitrogens with zero attached hydrogens (tertiary/aromatic N) is 7. The first-order valence-electron chi connectivity index (χ1n) is 11.8. The Balaban J connectivity index is 1.06. The average molecular weight is 522 g/mol. The fraction of sp³-hybridized carbons (Fsp3) is 0.545. The molecule has 198 valence electrons. The van der Waals surface area contributed by atoms with Gasteiger partial charge in [-0.05, 0) is 5.56 Å². The average Bonchev–Trinajstić information content (AvgIpc) is 3.24. The second-order valence-corrected chi connectivity index (χ2v) is 8.81. The topological polar surface area (TPSA) is 131 Å². The van der Waals surface area contributed by atoms with Gasteiger partial charge in [0.2, 0.25) is 11.9 Å². The van der Waals surface area contributed by atoms with Crippen LogP contribution >= 0.6 is 0 Å². The van der Waals surface area contributed by atoms with Crippen LogP contribution in [0.3, 0.4) is 0 Å². The van der Waals surface area contributed by atoms with Gasteiger partial charge >= 0.3 is 6.18 Å². The van der Waals surface area contributed by atoms with E-state index in [9.17, 15) is 22.8 Å². The van der Waals surface area contributed by atoms with Gasteiger partial charge in [-0.3, -0.25) is 14.3 Å². The van der Waals surface area contributed by atoms with Crippen LogP contribution in [0.25, 0.3) is 10.9 Å². The minimum atomic E-state index is -4.78. The van der Waals surface area contributed by atoms with Crippen molar-refractivity contribution < 1.29 is 27.4 Å². The molecule has 5 rings (SSSR count). The van der Waals surface area contributed by atoms with Crippen molar-refractivity contribution in [3.05, 3.63) is 40.2 Å². The fourth-order valence-electron chi connectivity index (χ4n) is 4.27. The summed E-state index contributed by atoms with van der Waals surface area (Å²) in [5.74, 6) is 0.931. The second-order valence-electron chi connectivity index (χ2n) is 8.81. The zero-order chi connectivity index (χ0) is 26.0. The Morgan fingerprint density at radius 1 is 1.11 bits per heavy atom. The zero-order valence-electron chi connectivity index (χ0n) is 19.8. The molecule has 0 bridgehead atoms. The first kappa shape index (κ1) is 25.1. The molecule has 0 spiro atoms. The maximum absolute atomic E-state index is 13.3. The fourth-order valence-corrected chi connectivity index (χ4v) is 4.27. The molecular formula is C22H25F3N8O4. The number of amides is 1. The van der Waals surface area contributed by atoms with E-state index in [-0.39, 0.29) is 37.6 Å². The van der Waals surface area contributed by atoms with E-state index < -0.39 is 22.8 Å². The van der Waals surface area contributed by atoms with Crippen molar-refractivity contribution in [3.63, 3.8) is 0 Å². The lowest BCUT2D eigenvalue weighted by molar-refractivity contribution is -0.140. The highest BCUT2D eigenvalue weighted by Crippen LogP contribution is 2.32. The number of H-pyrrole nitrogens is 1. The Bertz CT molecular complexity index is 1300. The molecule has 2 aliphatic rings. The summed E-state index contributed by atoms with van der Waals surface area (Å²) in [6.45, 7) is 3.77. The summed E-state index contributed by atoms with van der Waals surface area (Å²) in [5.41, 5.74) is -1.20. The van der Waals surface area contributed by atoms with Crippen molar-refractivity contribution in [1.29, 1.82) is 0 Å². The van der Waals surface area contributed by atoms with Gasteiger partial charge in [0.05, 0.1) is 51.1 Å². The van der Waals surface area contributed by atoms with Gasteiger partial charge < -0.3 is 19.3 Å². The van der Waals surface area contributed by atoms with E-state index in [4.69, 9.17) is 9.47 Å². The minimum absolute atomic E-state index is 0.0161. The normalized spacial score (nSPS) is 16.8. The summed E-state index contributed by atoms with van der Waals surface area (Å²) >= 11 is 0. The Morgan fingerprint density at radius 3 is 2.49 bits per heavy atom. The number of carbonyl (C=O) groups is 1. The van der Waals surface area contributed by atoms with Crippen molar-refractivity contribution in [2.45, 2.75) is 25.1 Å². The van der Waals surface area contributed by atoms with Crippen LogP contribution in [0.1, 0.15) is 23.6 Å². The van der Waals surface area contributed by atoms with Crippen LogP contribution in [0, 0.1) is 0 Å². The number of piperazine rings is 1. The number of aromatic nitrogens is 6. The number of rotatable bonds is 8. The highest BCUT2D eigenvalue weighted by Gasteiger charge is 2.38. The quantitative estimate of drug-likeness (QED) is 0.427. The Morgan fingerprint density at radius 2 is 1.84 bits per heavy atom. The lowest BCUT2D eigenvalue weighted by atomic mass is 10.0. The summed E-state index contributed by atoms with van der Waals surface area (Å²) < 4.78 is 51.5. The maximum atomic E-state index is 13.3. The predicted octanol–water partition coefficient (Wildman–Crippen LogP) is 0.798. The molecule has 3 aromatic heterocycles. The number of aromatic amines is 1. The van der Waals surface area contributed by atoms with E-state index >= 15 is 0 Å².